The second kappa shape index (κ2) is 9.80. The molecule has 1 aromatic rings. The average Bonchev–Trinajstić information content (AvgIpc) is 2.49. The SMILES string of the molecule is CCCCCCC(C)OCC(O)c1cc(C)ccc1OC. The molecule has 2 unspecified atom stereocenters. The zero-order chi connectivity index (χ0) is 15.7. The maximum Gasteiger partial charge on any atom is 0.124 e. The van der Waals surface area contributed by atoms with Crippen LogP contribution in [0.1, 0.15) is 63.2 Å². The van der Waals surface area contributed by atoms with E-state index in [1.165, 1.54) is 25.7 Å². The van der Waals surface area contributed by atoms with Gasteiger partial charge in [0.15, 0.2) is 0 Å². The fraction of sp³-hybridized carbons (Fsp3) is 0.667. The number of ether oxygens (including phenoxy) is 2. The third kappa shape index (κ3) is 6.49. The van der Waals surface area contributed by atoms with Gasteiger partial charge in [-0.2, -0.15) is 0 Å². The number of hydrogen-bond donors (Lipinski definition) is 1. The van der Waals surface area contributed by atoms with Gasteiger partial charge < -0.3 is 14.6 Å². The predicted molar refractivity (Wildman–Crippen MR) is 86.9 cm³/mol. The van der Waals surface area contributed by atoms with Gasteiger partial charge in [0.1, 0.15) is 11.9 Å². The molecule has 0 spiro atoms. The molecule has 0 saturated heterocycles. The summed E-state index contributed by atoms with van der Waals surface area (Å²) >= 11 is 0. The fourth-order valence-electron chi connectivity index (χ4n) is 2.40. The first kappa shape index (κ1) is 18.0. The minimum Gasteiger partial charge on any atom is -0.496 e. The standard InChI is InChI=1S/C18H30O3/c1-5-6-7-8-9-15(3)21-13-17(19)16-12-14(2)10-11-18(16)20-4/h10-12,15,17,19H,5-9,13H2,1-4H3. The van der Waals surface area contributed by atoms with E-state index in [0.717, 1.165) is 17.5 Å². The minimum atomic E-state index is -0.641. The Labute approximate surface area is 129 Å². The molecule has 0 aliphatic rings. The topological polar surface area (TPSA) is 38.7 Å². The molecule has 0 fully saturated rings. The van der Waals surface area contributed by atoms with Crippen molar-refractivity contribution < 1.29 is 14.6 Å². The highest BCUT2D eigenvalue weighted by Gasteiger charge is 2.15. The van der Waals surface area contributed by atoms with E-state index in [9.17, 15) is 5.11 Å². The number of hydrogen-bond acceptors (Lipinski definition) is 3. The molecule has 1 rings (SSSR count). The molecule has 2 atom stereocenters. The highest BCUT2D eigenvalue weighted by molar-refractivity contribution is 5.38. The van der Waals surface area contributed by atoms with Gasteiger partial charge in [0.05, 0.1) is 19.8 Å². The number of rotatable bonds is 10. The molecule has 0 aliphatic heterocycles. The lowest BCUT2D eigenvalue weighted by Crippen LogP contribution is -2.15. The number of unbranched alkanes of at least 4 members (excludes halogenated alkanes) is 3. The van der Waals surface area contributed by atoms with Gasteiger partial charge in [-0.1, -0.05) is 44.2 Å². The summed E-state index contributed by atoms with van der Waals surface area (Å²) in [5.74, 6) is 0.715. The summed E-state index contributed by atoms with van der Waals surface area (Å²) in [5, 5.41) is 10.3. The Balaban J connectivity index is 2.42. The maximum absolute atomic E-state index is 10.3. The first-order valence-electron chi connectivity index (χ1n) is 8.02. The van der Waals surface area contributed by atoms with Crippen molar-refractivity contribution in [2.75, 3.05) is 13.7 Å². The summed E-state index contributed by atoms with van der Waals surface area (Å²) in [4.78, 5) is 0. The van der Waals surface area contributed by atoms with Crippen LogP contribution in [0, 0.1) is 6.92 Å². The van der Waals surface area contributed by atoms with Gasteiger partial charge in [-0.15, -0.1) is 0 Å². The second-order valence-corrected chi connectivity index (χ2v) is 5.75. The summed E-state index contributed by atoms with van der Waals surface area (Å²) in [7, 11) is 1.62. The Hall–Kier alpha value is -1.06. The largest absolute Gasteiger partial charge is 0.496 e. The van der Waals surface area contributed by atoms with Crippen LogP contribution in [0.3, 0.4) is 0 Å². The molecule has 3 heteroatoms. The van der Waals surface area contributed by atoms with Gasteiger partial charge >= 0.3 is 0 Å². The number of methoxy groups -OCH3 is 1. The first-order valence-corrected chi connectivity index (χ1v) is 8.02. The van der Waals surface area contributed by atoms with Crippen LogP contribution in [-0.4, -0.2) is 24.9 Å². The number of aliphatic hydroxyl groups excluding tert-OH is 1. The smallest absolute Gasteiger partial charge is 0.124 e. The molecular formula is C18H30O3. The third-order valence-electron chi connectivity index (χ3n) is 3.75. The molecule has 0 aliphatic carbocycles. The number of aryl methyl sites for hydroxylation is 1. The Morgan fingerprint density at radius 1 is 1.19 bits per heavy atom. The molecule has 21 heavy (non-hydrogen) atoms. The molecular weight excluding hydrogens is 264 g/mol. The lowest BCUT2D eigenvalue weighted by molar-refractivity contribution is -0.00725. The lowest BCUT2D eigenvalue weighted by Gasteiger charge is -2.19. The van der Waals surface area contributed by atoms with Gasteiger partial charge in [0.2, 0.25) is 0 Å². The molecule has 0 bridgehead atoms. The van der Waals surface area contributed by atoms with Gasteiger partial charge in [-0.3, -0.25) is 0 Å². The van der Waals surface area contributed by atoms with E-state index in [1.54, 1.807) is 7.11 Å². The van der Waals surface area contributed by atoms with Crippen LogP contribution < -0.4 is 4.74 Å². The minimum absolute atomic E-state index is 0.187. The van der Waals surface area contributed by atoms with Crippen LogP contribution in [0.15, 0.2) is 18.2 Å². The zero-order valence-corrected chi connectivity index (χ0v) is 13.9. The lowest BCUT2D eigenvalue weighted by atomic mass is 10.1. The van der Waals surface area contributed by atoms with Crippen molar-refractivity contribution in [1.82, 2.24) is 0 Å². The predicted octanol–water partition coefficient (Wildman–Crippen LogP) is 4.41. The van der Waals surface area contributed by atoms with Gasteiger partial charge in [0, 0.05) is 5.56 Å². The Bertz CT molecular complexity index is 403. The average molecular weight is 294 g/mol. The monoisotopic (exact) mass is 294 g/mol. The van der Waals surface area contributed by atoms with Crippen LogP contribution in [0.4, 0.5) is 0 Å². The van der Waals surface area contributed by atoms with E-state index in [4.69, 9.17) is 9.47 Å². The van der Waals surface area contributed by atoms with Gasteiger partial charge in [0.25, 0.3) is 0 Å². The van der Waals surface area contributed by atoms with Crippen LogP contribution in [0.25, 0.3) is 0 Å². The Kier molecular flexibility index (Phi) is 8.40. The normalized spacial score (nSPS) is 14.0. The van der Waals surface area contributed by atoms with Crippen molar-refractivity contribution in [2.45, 2.75) is 65.1 Å². The van der Waals surface area contributed by atoms with E-state index in [0.29, 0.717) is 12.4 Å². The van der Waals surface area contributed by atoms with Crippen LogP contribution in [0.2, 0.25) is 0 Å². The summed E-state index contributed by atoms with van der Waals surface area (Å²) < 4.78 is 11.1. The molecule has 0 heterocycles. The van der Waals surface area contributed by atoms with Crippen molar-refractivity contribution in [2.24, 2.45) is 0 Å². The Morgan fingerprint density at radius 2 is 1.95 bits per heavy atom. The van der Waals surface area contributed by atoms with Crippen molar-refractivity contribution >= 4 is 0 Å². The van der Waals surface area contributed by atoms with E-state index in [2.05, 4.69) is 13.8 Å². The summed E-state index contributed by atoms with van der Waals surface area (Å²) in [6.45, 7) is 6.61. The number of benzene rings is 1. The zero-order valence-electron chi connectivity index (χ0n) is 13.9. The Morgan fingerprint density at radius 3 is 2.62 bits per heavy atom. The number of aliphatic hydroxyl groups is 1. The quantitative estimate of drug-likeness (QED) is 0.649. The van der Waals surface area contributed by atoms with E-state index in [-0.39, 0.29) is 6.10 Å². The molecule has 1 aromatic carbocycles. The van der Waals surface area contributed by atoms with E-state index < -0.39 is 6.10 Å². The van der Waals surface area contributed by atoms with Gasteiger partial charge in [-0.05, 0) is 32.4 Å². The van der Waals surface area contributed by atoms with E-state index >= 15 is 0 Å². The highest BCUT2D eigenvalue weighted by Crippen LogP contribution is 2.26. The molecule has 0 radical (unpaired) electrons. The molecule has 1 N–H and O–H groups in total. The maximum atomic E-state index is 10.3. The van der Waals surface area contributed by atoms with Crippen molar-refractivity contribution in [3.05, 3.63) is 29.3 Å². The summed E-state index contributed by atoms with van der Waals surface area (Å²) in [5.41, 5.74) is 1.91. The summed E-state index contributed by atoms with van der Waals surface area (Å²) in [6, 6.07) is 5.83. The molecule has 0 amide bonds. The fourth-order valence-corrected chi connectivity index (χ4v) is 2.40. The van der Waals surface area contributed by atoms with E-state index in [1.807, 2.05) is 25.1 Å². The molecule has 120 valence electrons. The van der Waals surface area contributed by atoms with Gasteiger partial charge in [-0.25, -0.2) is 0 Å². The second-order valence-electron chi connectivity index (χ2n) is 5.75. The van der Waals surface area contributed by atoms with Crippen LogP contribution in [-0.2, 0) is 4.74 Å². The van der Waals surface area contributed by atoms with Crippen LogP contribution in [0.5, 0.6) is 5.75 Å². The third-order valence-corrected chi connectivity index (χ3v) is 3.75. The van der Waals surface area contributed by atoms with Crippen LogP contribution >= 0.6 is 0 Å². The van der Waals surface area contributed by atoms with Crippen molar-refractivity contribution in [1.29, 1.82) is 0 Å². The first-order chi connectivity index (χ1) is 10.1. The molecule has 3 nitrogen and oxygen atoms in total. The molecule has 0 saturated carbocycles. The van der Waals surface area contributed by atoms with Crippen molar-refractivity contribution in [3.63, 3.8) is 0 Å². The molecule has 0 aromatic heterocycles. The summed E-state index contributed by atoms with van der Waals surface area (Å²) in [6.07, 6.45) is 5.59. The highest BCUT2D eigenvalue weighted by atomic mass is 16.5. The van der Waals surface area contributed by atoms with Crippen molar-refractivity contribution in [3.8, 4) is 5.75 Å².